The van der Waals surface area contributed by atoms with Crippen LogP contribution in [0, 0.1) is 11.8 Å². The predicted octanol–water partition coefficient (Wildman–Crippen LogP) is 3.93. The summed E-state index contributed by atoms with van der Waals surface area (Å²) in [6.07, 6.45) is 5.32. The van der Waals surface area contributed by atoms with Crippen LogP contribution in [0.4, 0.5) is 5.69 Å². The second-order valence-corrected chi connectivity index (χ2v) is 6.53. The lowest BCUT2D eigenvalue weighted by molar-refractivity contribution is 0.226. The van der Waals surface area contributed by atoms with Crippen LogP contribution in [0.25, 0.3) is 0 Å². The van der Waals surface area contributed by atoms with E-state index in [4.69, 9.17) is 0 Å². The fourth-order valence-electron chi connectivity index (χ4n) is 3.17. The molecular weight excluding hydrogens is 244 g/mol. The molecule has 1 saturated carbocycles. The van der Waals surface area contributed by atoms with Crippen LogP contribution < -0.4 is 10.2 Å². The van der Waals surface area contributed by atoms with Crippen LogP contribution in [-0.4, -0.2) is 26.2 Å². The number of rotatable bonds is 6. The van der Waals surface area contributed by atoms with Gasteiger partial charge in [0.15, 0.2) is 0 Å². The first kappa shape index (κ1) is 15.4. The van der Waals surface area contributed by atoms with Gasteiger partial charge >= 0.3 is 0 Å². The van der Waals surface area contributed by atoms with E-state index in [-0.39, 0.29) is 0 Å². The molecular formula is C18H30N2. The fraction of sp³-hybridized carbons (Fsp3) is 0.667. The average molecular weight is 274 g/mol. The van der Waals surface area contributed by atoms with Gasteiger partial charge < -0.3 is 10.2 Å². The molecule has 3 atom stereocenters. The first-order valence-corrected chi connectivity index (χ1v) is 8.16. The van der Waals surface area contributed by atoms with Crippen molar-refractivity contribution in [2.24, 2.45) is 11.8 Å². The van der Waals surface area contributed by atoms with Crippen molar-refractivity contribution in [2.45, 2.75) is 45.6 Å². The maximum absolute atomic E-state index is 3.75. The minimum atomic E-state index is 0.753. The van der Waals surface area contributed by atoms with Gasteiger partial charge in [0.05, 0.1) is 0 Å². The molecule has 2 heteroatoms. The molecule has 0 aliphatic heterocycles. The zero-order chi connectivity index (χ0) is 14.4. The Morgan fingerprint density at radius 1 is 1.10 bits per heavy atom. The highest BCUT2D eigenvalue weighted by Gasteiger charge is 2.23. The van der Waals surface area contributed by atoms with Gasteiger partial charge in [-0.25, -0.2) is 0 Å². The largest absolute Gasteiger partial charge is 0.375 e. The summed E-state index contributed by atoms with van der Waals surface area (Å²) < 4.78 is 0. The quantitative estimate of drug-likeness (QED) is 0.791. The number of hydrogen-bond acceptors (Lipinski definition) is 2. The zero-order valence-electron chi connectivity index (χ0n) is 13.3. The lowest BCUT2D eigenvalue weighted by Crippen LogP contribution is -2.37. The Labute approximate surface area is 124 Å². The first-order chi connectivity index (χ1) is 9.66. The van der Waals surface area contributed by atoms with E-state index in [2.05, 4.69) is 61.4 Å². The van der Waals surface area contributed by atoms with Crippen LogP contribution in [0.2, 0.25) is 0 Å². The number of nitrogens with zero attached hydrogens (tertiary/aromatic N) is 1. The molecule has 1 aliphatic carbocycles. The number of nitrogens with one attached hydrogen (secondary N) is 1. The SMILES string of the molecule is CC1CCC(NCCCN(C)c2ccccc2)CC1C. The molecule has 1 fully saturated rings. The Balaban J connectivity index is 1.62. The van der Waals surface area contributed by atoms with Gasteiger partial charge in [0, 0.05) is 25.3 Å². The van der Waals surface area contributed by atoms with Crippen molar-refractivity contribution < 1.29 is 0 Å². The van der Waals surface area contributed by atoms with Crippen molar-refractivity contribution in [1.29, 1.82) is 0 Å². The van der Waals surface area contributed by atoms with E-state index in [1.807, 2.05) is 0 Å². The smallest absolute Gasteiger partial charge is 0.0363 e. The molecule has 0 bridgehead atoms. The lowest BCUT2D eigenvalue weighted by atomic mass is 9.79. The molecule has 1 aromatic carbocycles. The summed E-state index contributed by atoms with van der Waals surface area (Å²) in [6.45, 7) is 7.07. The Morgan fingerprint density at radius 2 is 1.85 bits per heavy atom. The maximum Gasteiger partial charge on any atom is 0.0363 e. The van der Waals surface area contributed by atoms with E-state index in [0.29, 0.717) is 0 Å². The molecule has 20 heavy (non-hydrogen) atoms. The van der Waals surface area contributed by atoms with Gasteiger partial charge in [-0.3, -0.25) is 0 Å². The van der Waals surface area contributed by atoms with Gasteiger partial charge in [0.1, 0.15) is 0 Å². The van der Waals surface area contributed by atoms with E-state index < -0.39 is 0 Å². The van der Waals surface area contributed by atoms with Gasteiger partial charge in [-0.05, 0) is 56.2 Å². The predicted molar refractivity (Wildman–Crippen MR) is 88.3 cm³/mol. The van der Waals surface area contributed by atoms with E-state index >= 15 is 0 Å². The van der Waals surface area contributed by atoms with Crippen molar-refractivity contribution in [3.8, 4) is 0 Å². The number of anilines is 1. The summed E-state index contributed by atoms with van der Waals surface area (Å²) in [5.74, 6) is 1.80. The van der Waals surface area contributed by atoms with Gasteiger partial charge in [0.25, 0.3) is 0 Å². The van der Waals surface area contributed by atoms with Gasteiger partial charge in [-0.1, -0.05) is 32.0 Å². The summed E-state index contributed by atoms with van der Waals surface area (Å²) in [4.78, 5) is 2.34. The van der Waals surface area contributed by atoms with Gasteiger partial charge in [0.2, 0.25) is 0 Å². The highest BCUT2D eigenvalue weighted by Crippen LogP contribution is 2.29. The molecule has 1 aliphatic rings. The second-order valence-electron chi connectivity index (χ2n) is 6.53. The zero-order valence-corrected chi connectivity index (χ0v) is 13.3. The Morgan fingerprint density at radius 3 is 2.55 bits per heavy atom. The van der Waals surface area contributed by atoms with Crippen molar-refractivity contribution in [1.82, 2.24) is 5.32 Å². The molecule has 0 amide bonds. The molecule has 1 N–H and O–H groups in total. The second kappa shape index (κ2) is 7.68. The van der Waals surface area contributed by atoms with Crippen LogP contribution in [-0.2, 0) is 0 Å². The third-order valence-electron chi connectivity index (χ3n) is 4.90. The van der Waals surface area contributed by atoms with E-state index in [9.17, 15) is 0 Å². The normalized spacial score (nSPS) is 26.4. The van der Waals surface area contributed by atoms with Crippen molar-refractivity contribution in [2.75, 3.05) is 25.0 Å². The number of para-hydroxylation sites is 1. The number of benzene rings is 1. The third kappa shape index (κ3) is 4.52. The van der Waals surface area contributed by atoms with Gasteiger partial charge in [-0.15, -0.1) is 0 Å². The molecule has 0 radical (unpaired) electrons. The van der Waals surface area contributed by atoms with Crippen LogP contribution in [0.15, 0.2) is 30.3 Å². The van der Waals surface area contributed by atoms with E-state index in [1.54, 1.807) is 0 Å². The molecule has 3 unspecified atom stereocenters. The van der Waals surface area contributed by atoms with Gasteiger partial charge in [-0.2, -0.15) is 0 Å². The summed E-state index contributed by atoms with van der Waals surface area (Å²) in [5, 5.41) is 3.75. The molecule has 2 rings (SSSR count). The summed E-state index contributed by atoms with van der Waals surface area (Å²) >= 11 is 0. The van der Waals surface area contributed by atoms with E-state index in [0.717, 1.165) is 31.0 Å². The Kier molecular flexibility index (Phi) is 5.90. The topological polar surface area (TPSA) is 15.3 Å². The van der Waals surface area contributed by atoms with Crippen LogP contribution in [0.1, 0.15) is 39.5 Å². The maximum atomic E-state index is 3.75. The summed E-state index contributed by atoms with van der Waals surface area (Å²) in [5.41, 5.74) is 1.31. The molecule has 0 aromatic heterocycles. The molecule has 2 nitrogen and oxygen atoms in total. The van der Waals surface area contributed by atoms with Crippen LogP contribution in [0.5, 0.6) is 0 Å². The van der Waals surface area contributed by atoms with Crippen molar-refractivity contribution in [3.05, 3.63) is 30.3 Å². The van der Waals surface area contributed by atoms with Crippen molar-refractivity contribution >= 4 is 5.69 Å². The number of hydrogen-bond donors (Lipinski definition) is 1. The monoisotopic (exact) mass is 274 g/mol. The van der Waals surface area contributed by atoms with Crippen LogP contribution >= 0.6 is 0 Å². The Bertz CT molecular complexity index is 376. The highest BCUT2D eigenvalue weighted by molar-refractivity contribution is 5.44. The molecule has 112 valence electrons. The highest BCUT2D eigenvalue weighted by atomic mass is 15.1. The average Bonchev–Trinajstić information content (AvgIpc) is 2.48. The van der Waals surface area contributed by atoms with Crippen LogP contribution in [0.3, 0.4) is 0 Å². The lowest BCUT2D eigenvalue weighted by Gasteiger charge is -2.32. The first-order valence-electron chi connectivity index (χ1n) is 8.16. The molecule has 1 aromatic rings. The standard InChI is InChI=1S/C18H30N2/c1-15-10-11-17(14-16(15)2)19-12-7-13-20(3)18-8-5-4-6-9-18/h4-6,8-9,15-17,19H,7,10-14H2,1-3H3. The minimum absolute atomic E-state index is 0.753. The summed E-state index contributed by atoms with van der Waals surface area (Å²) in [6, 6.07) is 11.4. The fourth-order valence-corrected chi connectivity index (χ4v) is 3.17. The molecule has 0 spiro atoms. The molecule has 0 saturated heterocycles. The Hall–Kier alpha value is -1.02. The van der Waals surface area contributed by atoms with E-state index in [1.165, 1.54) is 31.4 Å². The third-order valence-corrected chi connectivity index (χ3v) is 4.90. The minimum Gasteiger partial charge on any atom is -0.375 e. The van der Waals surface area contributed by atoms with Crippen molar-refractivity contribution in [3.63, 3.8) is 0 Å². The summed E-state index contributed by atoms with van der Waals surface area (Å²) in [7, 11) is 2.18. The molecule has 0 heterocycles.